The number of carbonyl (C=O) groups is 1. The van der Waals surface area contributed by atoms with Gasteiger partial charge in [0.25, 0.3) is 0 Å². The van der Waals surface area contributed by atoms with Crippen LogP contribution in [0.15, 0.2) is 30.3 Å². The first kappa shape index (κ1) is 21.2. The number of ether oxygens (including phenoxy) is 1. The zero-order valence-corrected chi connectivity index (χ0v) is 18.2. The van der Waals surface area contributed by atoms with Crippen molar-refractivity contribution < 1.29 is 9.53 Å². The lowest BCUT2D eigenvalue weighted by atomic mass is 10.2. The largest absolute Gasteiger partial charge is 0.497 e. The molecule has 7 heteroatoms. The van der Waals surface area contributed by atoms with Gasteiger partial charge in [0.2, 0.25) is 5.91 Å². The van der Waals surface area contributed by atoms with Gasteiger partial charge in [-0.05, 0) is 31.6 Å². The average Bonchev–Trinajstić information content (AvgIpc) is 3.03. The Hall–Kier alpha value is -2.47. The molecule has 1 aromatic carbocycles. The van der Waals surface area contributed by atoms with E-state index >= 15 is 0 Å². The number of anilines is 1. The Kier molecular flexibility index (Phi) is 7.20. The van der Waals surface area contributed by atoms with Crippen molar-refractivity contribution in [1.82, 2.24) is 14.7 Å². The molecule has 1 aliphatic heterocycles. The number of rotatable bonds is 7. The number of methoxy groups -OCH3 is 1. The molecule has 6 nitrogen and oxygen atoms in total. The minimum absolute atomic E-state index is 0.00654. The van der Waals surface area contributed by atoms with E-state index in [4.69, 9.17) is 16.3 Å². The van der Waals surface area contributed by atoms with E-state index in [1.54, 1.807) is 19.3 Å². The number of amides is 1. The number of aromatic nitrogens is 2. The maximum absolute atomic E-state index is 12.6. The molecule has 1 fully saturated rings. The highest BCUT2D eigenvalue weighted by atomic mass is 35.5. The second kappa shape index (κ2) is 9.83. The molecule has 156 valence electrons. The fourth-order valence-corrected chi connectivity index (χ4v) is 3.79. The average molecular weight is 417 g/mol. The lowest BCUT2D eigenvalue weighted by Gasteiger charge is -2.35. The van der Waals surface area contributed by atoms with E-state index in [2.05, 4.69) is 23.0 Å². The van der Waals surface area contributed by atoms with Gasteiger partial charge < -0.3 is 14.5 Å². The minimum atomic E-state index is 0.00654. The summed E-state index contributed by atoms with van der Waals surface area (Å²) < 4.78 is 7.12. The van der Waals surface area contributed by atoms with E-state index in [0.29, 0.717) is 18.2 Å². The Morgan fingerprint density at radius 3 is 2.72 bits per heavy atom. The van der Waals surface area contributed by atoms with Crippen molar-refractivity contribution in [3.63, 3.8) is 0 Å². The van der Waals surface area contributed by atoms with E-state index in [-0.39, 0.29) is 5.91 Å². The number of aryl methyl sites for hydroxylation is 2. The zero-order chi connectivity index (χ0) is 20.8. The maximum Gasteiger partial charge on any atom is 0.246 e. The van der Waals surface area contributed by atoms with Crippen molar-refractivity contribution in [2.45, 2.75) is 33.2 Å². The first-order chi connectivity index (χ1) is 14.0. The molecule has 0 atom stereocenters. The van der Waals surface area contributed by atoms with Gasteiger partial charge in [0.15, 0.2) is 0 Å². The molecule has 1 amide bonds. The molecule has 1 saturated heterocycles. The number of unbranched alkanes of at least 4 members (excludes halogenated alkanes) is 1. The van der Waals surface area contributed by atoms with Crippen molar-refractivity contribution in [3.05, 3.63) is 46.8 Å². The van der Waals surface area contributed by atoms with E-state index in [1.807, 2.05) is 34.7 Å². The summed E-state index contributed by atoms with van der Waals surface area (Å²) in [5.74, 6) is 0.850. The fraction of sp³-hybridized carbons (Fsp3) is 0.455. The Bertz CT molecular complexity index is 870. The fourth-order valence-electron chi connectivity index (χ4n) is 3.46. The third kappa shape index (κ3) is 5.12. The van der Waals surface area contributed by atoms with Crippen molar-refractivity contribution in [3.8, 4) is 5.75 Å². The highest BCUT2D eigenvalue weighted by Gasteiger charge is 2.20. The normalized spacial score (nSPS) is 14.6. The van der Waals surface area contributed by atoms with Crippen LogP contribution in [0.25, 0.3) is 6.08 Å². The van der Waals surface area contributed by atoms with Crippen LogP contribution in [0, 0.1) is 6.92 Å². The molecule has 0 saturated carbocycles. The number of hydrogen-bond acceptors (Lipinski definition) is 4. The van der Waals surface area contributed by atoms with Crippen LogP contribution in [0.4, 0.5) is 5.69 Å². The monoisotopic (exact) mass is 416 g/mol. The van der Waals surface area contributed by atoms with Gasteiger partial charge in [0, 0.05) is 56.1 Å². The van der Waals surface area contributed by atoms with E-state index in [1.165, 1.54) is 0 Å². The first-order valence-corrected chi connectivity index (χ1v) is 10.5. The quantitative estimate of drug-likeness (QED) is 0.640. The first-order valence-electron chi connectivity index (χ1n) is 10.1. The number of hydrogen-bond donors (Lipinski definition) is 0. The predicted molar refractivity (Wildman–Crippen MR) is 118 cm³/mol. The molecule has 2 heterocycles. The highest BCUT2D eigenvalue weighted by molar-refractivity contribution is 6.31. The van der Waals surface area contributed by atoms with Gasteiger partial charge in [-0.25, -0.2) is 0 Å². The highest BCUT2D eigenvalue weighted by Crippen LogP contribution is 2.23. The topological polar surface area (TPSA) is 50.6 Å². The lowest BCUT2D eigenvalue weighted by molar-refractivity contribution is -0.126. The van der Waals surface area contributed by atoms with Crippen LogP contribution in [0.2, 0.25) is 5.15 Å². The number of halogens is 1. The van der Waals surface area contributed by atoms with Gasteiger partial charge in [-0.2, -0.15) is 5.10 Å². The van der Waals surface area contributed by atoms with Crippen LogP contribution >= 0.6 is 11.6 Å². The Morgan fingerprint density at radius 2 is 2.03 bits per heavy atom. The summed E-state index contributed by atoms with van der Waals surface area (Å²) in [6, 6.07) is 8.02. The van der Waals surface area contributed by atoms with Crippen LogP contribution in [0.3, 0.4) is 0 Å². The molecule has 1 aliphatic rings. The van der Waals surface area contributed by atoms with Crippen LogP contribution < -0.4 is 9.64 Å². The third-order valence-electron chi connectivity index (χ3n) is 5.24. The molecule has 0 unspecified atom stereocenters. The van der Waals surface area contributed by atoms with Crippen molar-refractivity contribution in [2.75, 3.05) is 38.2 Å². The summed E-state index contributed by atoms with van der Waals surface area (Å²) in [6.45, 7) is 7.81. The summed E-state index contributed by atoms with van der Waals surface area (Å²) in [6.07, 6.45) is 5.52. The van der Waals surface area contributed by atoms with Gasteiger partial charge in [-0.3, -0.25) is 9.48 Å². The van der Waals surface area contributed by atoms with E-state index in [9.17, 15) is 4.79 Å². The minimum Gasteiger partial charge on any atom is -0.497 e. The second-order valence-corrected chi connectivity index (χ2v) is 7.57. The summed E-state index contributed by atoms with van der Waals surface area (Å²) >= 11 is 6.45. The molecule has 0 bridgehead atoms. The number of nitrogens with zero attached hydrogens (tertiary/aromatic N) is 4. The number of piperazine rings is 1. The third-order valence-corrected chi connectivity index (χ3v) is 5.63. The molecular formula is C22H29ClN4O2. The Labute approximate surface area is 177 Å². The molecule has 0 radical (unpaired) electrons. The molecule has 0 aliphatic carbocycles. The van der Waals surface area contributed by atoms with Gasteiger partial charge in [-0.1, -0.05) is 31.0 Å². The van der Waals surface area contributed by atoms with Crippen LogP contribution in [-0.2, 0) is 11.3 Å². The molecule has 29 heavy (non-hydrogen) atoms. The Balaban J connectivity index is 1.59. The van der Waals surface area contributed by atoms with Crippen molar-refractivity contribution >= 4 is 29.3 Å². The van der Waals surface area contributed by atoms with Gasteiger partial charge >= 0.3 is 0 Å². The molecule has 1 aromatic heterocycles. The van der Waals surface area contributed by atoms with Crippen molar-refractivity contribution in [1.29, 1.82) is 0 Å². The molecule has 0 spiro atoms. The number of carbonyl (C=O) groups excluding carboxylic acids is 1. The van der Waals surface area contributed by atoms with Gasteiger partial charge in [-0.15, -0.1) is 0 Å². The van der Waals surface area contributed by atoms with E-state index in [0.717, 1.165) is 55.2 Å². The summed E-state index contributed by atoms with van der Waals surface area (Å²) in [5, 5.41) is 5.09. The molecular weight excluding hydrogens is 388 g/mol. The Morgan fingerprint density at radius 1 is 1.28 bits per heavy atom. The second-order valence-electron chi connectivity index (χ2n) is 7.21. The SMILES string of the molecule is CCCCn1nc(C)c(/C=C/C(=O)N2CCN(c3cccc(OC)c3)CC2)c1Cl. The van der Waals surface area contributed by atoms with Gasteiger partial charge in [0.1, 0.15) is 10.9 Å². The summed E-state index contributed by atoms with van der Waals surface area (Å²) in [4.78, 5) is 16.8. The lowest BCUT2D eigenvalue weighted by Crippen LogP contribution is -2.48. The van der Waals surface area contributed by atoms with Crippen LogP contribution in [-0.4, -0.2) is 53.9 Å². The smallest absolute Gasteiger partial charge is 0.246 e. The summed E-state index contributed by atoms with van der Waals surface area (Å²) in [7, 11) is 1.67. The number of benzene rings is 1. The summed E-state index contributed by atoms with van der Waals surface area (Å²) in [5.41, 5.74) is 2.79. The predicted octanol–water partition coefficient (Wildman–Crippen LogP) is 4.02. The maximum atomic E-state index is 12.6. The van der Waals surface area contributed by atoms with Crippen LogP contribution in [0.1, 0.15) is 31.0 Å². The van der Waals surface area contributed by atoms with E-state index < -0.39 is 0 Å². The molecule has 3 rings (SSSR count). The van der Waals surface area contributed by atoms with Gasteiger partial charge in [0.05, 0.1) is 12.8 Å². The van der Waals surface area contributed by atoms with Crippen LogP contribution in [0.5, 0.6) is 5.75 Å². The zero-order valence-electron chi connectivity index (χ0n) is 17.4. The van der Waals surface area contributed by atoms with Crippen molar-refractivity contribution in [2.24, 2.45) is 0 Å². The molecule has 2 aromatic rings. The molecule has 0 N–H and O–H groups in total. The standard InChI is InChI=1S/C22H29ClN4O2/c1-4-5-11-27-22(23)20(17(2)24-27)9-10-21(28)26-14-12-25(13-15-26)18-7-6-8-19(16-18)29-3/h6-10,16H,4-5,11-15H2,1-3H3/b10-9+.